The molecule has 3 nitrogen and oxygen atoms in total. The van der Waals surface area contributed by atoms with Crippen LogP contribution in [0.15, 0.2) is 24.3 Å². The molecule has 1 aliphatic heterocycles. The van der Waals surface area contributed by atoms with Crippen molar-refractivity contribution in [3.05, 3.63) is 35.6 Å². The largest absolute Gasteiger partial charge is 0.352 e. The zero-order valence-electron chi connectivity index (χ0n) is 12.2. The quantitative estimate of drug-likeness (QED) is 0.918. The minimum absolute atomic E-state index is 0.129. The van der Waals surface area contributed by atoms with E-state index in [2.05, 4.69) is 24.1 Å². The van der Waals surface area contributed by atoms with Crippen LogP contribution in [0.4, 0.5) is 4.39 Å². The van der Waals surface area contributed by atoms with Crippen LogP contribution in [0, 0.1) is 11.7 Å². The van der Waals surface area contributed by atoms with Crippen molar-refractivity contribution in [1.29, 1.82) is 0 Å². The Labute approximate surface area is 120 Å². The number of carbonyl (C=O) groups excluding carboxylic acids is 1. The zero-order chi connectivity index (χ0) is 14.5. The van der Waals surface area contributed by atoms with Gasteiger partial charge in [0.05, 0.1) is 5.56 Å². The maximum Gasteiger partial charge on any atom is 0.254 e. The molecule has 1 amide bonds. The zero-order valence-corrected chi connectivity index (χ0v) is 12.2. The maximum absolute atomic E-state index is 13.5. The second kappa shape index (κ2) is 6.84. The molecule has 4 heteroatoms. The third-order valence-electron chi connectivity index (χ3n) is 3.95. The van der Waals surface area contributed by atoms with Gasteiger partial charge in [-0.3, -0.25) is 4.79 Å². The van der Waals surface area contributed by atoms with E-state index in [-0.39, 0.29) is 11.5 Å². The van der Waals surface area contributed by atoms with Gasteiger partial charge in [0.15, 0.2) is 0 Å². The molecule has 20 heavy (non-hydrogen) atoms. The van der Waals surface area contributed by atoms with Gasteiger partial charge in [-0.2, -0.15) is 0 Å². The highest BCUT2D eigenvalue weighted by atomic mass is 19.1. The highest BCUT2D eigenvalue weighted by Crippen LogP contribution is 2.18. The summed E-state index contributed by atoms with van der Waals surface area (Å²) < 4.78 is 13.5. The van der Waals surface area contributed by atoms with Gasteiger partial charge in [-0.05, 0) is 51.3 Å². The SMILES string of the molecule is CC(C)N1CCC[C@H](CNC(=O)c2ccccc2F)C1. The van der Waals surface area contributed by atoms with Crippen LogP contribution < -0.4 is 5.32 Å². The van der Waals surface area contributed by atoms with E-state index in [1.807, 2.05) is 0 Å². The van der Waals surface area contributed by atoms with E-state index in [0.29, 0.717) is 18.5 Å². The first kappa shape index (κ1) is 15.0. The standard InChI is InChI=1S/C16H23FN2O/c1-12(2)19-9-5-6-13(11-19)10-18-16(20)14-7-3-4-8-15(14)17/h3-4,7-8,12-13H,5-6,9-11H2,1-2H3,(H,18,20)/t13-/m1/s1. The Balaban J connectivity index is 1.86. The molecule has 1 atom stereocenters. The molecule has 0 aromatic heterocycles. The Morgan fingerprint density at radius 3 is 2.90 bits per heavy atom. The van der Waals surface area contributed by atoms with Gasteiger partial charge in [-0.1, -0.05) is 12.1 Å². The van der Waals surface area contributed by atoms with Crippen molar-refractivity contribution in [2.45, 2.75) is 32.7 Å². The van der Waals surface area contributed by atoms with Crippen molar-refractivity contribution < 1.29 is 9.18 Å². The summed E-state index contributed by atoms with van der Waals surface area (Å²) in [4.78, 5) is 14.4. The molecule has 0 unspecified atom stereocenters. The summed E-state index contributed by atoms with van der Waals surface area (Å²) in [5.74, 6) is -0.316. The summed E-state index contributed by atoms with van der Waals surface area (Å²) in [7, 11) is 0. The Morgan fingerprint density at radius 2 is 2.20 bits per heavy atom. The maximum atomic E-state index is 13.5. The Morgan fingerprint density at radius 1 is 1.45 bits per heavy atom. The fourth-order valence-electron chi connectivity index (χ4n) is 2.71. The molecule has 1 aliphatic rings. The fraction of sp³-hybridized carbons (Fsp3) is 0.562. The number of piperidine rings is 1. The molecule has 1 N–H and O–H groups in total. The smallest absolute Gasteiger partial charge is 0.254 e. The lowest BCUT2D eigenvalue weighted by molar-refractivity contribution is 0.0919. The minimum atomic E-state index is -0.461. The van der Waals surface area contributed by atoms with Crippen molar-refractivity contribution in [2.24, 2.45) is 5.92 Å². The Kier molecular flexibility index (Phi) is 5.12. The van der Waals surface area contributed by atoms with Crippen LogP contribution >= 0.6 is 0 Å². The molecule has 1 aromatic carbocycles. The van der Waals surface area contributed by atoms with Gasteiger partial charge in [0.25, 0.3) is 5.91 Å². The van der Waals surface area contributed by atoms with Crippen molar-refractivity contribution in [3.8, 4) is 0 Å². The first-order chi connectivity index (χ1) is 9.58. The molecule has 0 radical (unpaired) electrons. The van der Waals surface area contributed by atoms with Crippen LogP contribution in [0.1, 0.15) is 37.0 Å². The molecule has 110 valence electrons. The minimum Gasteiger partial charge on any atom is -0.352 e. The average Bonchev–Trinajstić information content (AvgIpc) is 2.45. The number of likely N-dealkylation sites (tertiary alicyclic amines) is 1. The van der Waals surface area contributed by atoms with E-state index in [1.165, 1.54) is 18.6 Å². The van der Waals surface area contributed by atoms with Crippen LogP contribution in [0.2, 0.25) is 0 Å². The van der Waals surface area contributed by atoms with Crippen LogP contribution in [-0.4, -0.2) is 36.5 Å². The number of halogens is 1. The topological polar surface area (TPSA) is 32.3 Å². The second-order valence-electron chi connectivity index (χ2n) is 5.79. The lowest BCUT2D eigenvalue weighted by atomic mass is 9.97. The second-order valence-corrected chi connectivity index (χ2v) is 5.79. The van der Waals surface area contributed by atoms with E-state index in [1.54, 1.807) is 12.1 Å². The molecule has 1 aromatic rings. The van der Waals surface area contributed by atoms with E-state index < -0.39 is 5.82 Å². The number of nitrogens with one attached hydrogen (secondary N) is 1. The van der Waals surface area contributed by atoms with Crippen LogP contribution in [0.3, 0.4) is 0 Å². The number of rotatable bonds is 4. The molecule has 1 fully saturated rings. The van der Waals surface area contributed by atoms with Gasteiger partial charge in [-0.25, -0.2) is 4.39 Å². The van der Waals surface area contributed by atoms with Crippen molar-refractivity contribution >= 4 is 5.91 Å². The number of hydrogen-bond acceptors (Lipinski definition) is 2. The Bertz CT molecular complexity index is 462. The first-order valence-electron chi connectivity index (χ1n) is 7.34. The van der Waals surface area contributed by atoms with E-state index in [9.17, 15) is 9.18 Å². The van der Waals surface area contributed by atoms with Crippen LogP contribution in [0.5, 0.6) is 0 Å². The van der Waals surface area contributed by atoms with Gasteiger partial charge in [0.1, 0.15) is 5.82 Å². The van der Waals surface area contributed by atoms with Gasteiger partial charge in [-0.15, -0.1) is 0 Å². The fourth-order valence-corrected chi connectivity index (χ4v) is 2.71. The number of nitrogens with zero attached hydrogens (tertiary/aromatic N) is 1. The molecule has 0 spiro atoms. The number of hydrogen-bond donors (Lipinski definition) is 1. The monoisotopic (exact) mass is 278 g/mol. The van der Waals surface area contributed by atoms with Gasteiger partial charge in [0, 0.05) is 19.1 Å². The summed E-state index contributed by atoms with van der Waals surface area (Å²) in [6.07, 6.45) is 2.29. The van der Waals surface area contributed by atoms with Crippen LogP contribution in [-0.2, 0) is 0 Å². The molecule has 2 rings (SSSR count). The summed E-state index contributed by atoms with van der Waals surface area (Å²) >= 11 is 0. The first-order valence-corrected chi connectivity index (χ1v) is 7.34. The van der Waals surface area contributed by atoms with E-state index in [4.69, 9.17) is 0 Å². The highest BCUT2D eigenvalue weighted by Gasteiger charge is 2.22. The molecule has 0 aliphatic carbocycles. The van der Waals surface area contributed by atoms with Crippen molar-refractivity contribution in [3.63, 3.8) is 0 Å². The molecule has 0 saturated carbocycles. The van der Waals surface area contributed by atoms with Gasteiger partial charge >= 0.3 is 0 Å². The highest BCUT2D eigenvalue weighted by molar-refractivity contribution is 5.94. The summed E-state index contributed by atoms with van der Waals surface area (Å²) in [6.45, 7) is 7.15. The lowest BCUT2D eigenvalue weighted by Gasteiger charge is -2.35. The predicted molar refractivity (Wildman–Crippen MR) is 78.2 cm³/mol. The summed E-state index contributed by atoms with van der Waals surface area (Å²) in [6, 6.07) is 6.65. The van der Waals surface area contributed by atoms with E-state index >= 15 is 0 Å². The molecular formula is C16H23FN2O. The summed E-state index contributed by atoms with van der Waals surface area (Å²) in [5.41, 5.74) is 0.129. The predicted octanol–water partition coefficient (Wildman–Crippen LogP) is 2.68. The van der Waals surface area contributed by atoms with Crippen molar-refractivity contribution in [2.75, 3.05) is 19.6 Å². The molecular weight excluding hydrogens is 255 g/mol. The normalized spacial score (nSPS) is 20.1. The van der Waals surface area contributed by atoms with E-state index in [0.717, 1.165) is 19.5 Å². The van der Waals surface area contributed by atoms with Crippen LogP contribution in [0.25, 0.3) is 0 Å². The molecule has 1 heterocycles. The summed E-state index contributed by atoms with van der Waals surface area (Å²) in [5, 5.41) is 2.86. The number of carbonyl (C=O) groups is 1. The van der Waals surface area contributed by atoms with Crippen molar-refractivity contribution in [1.82, 2.24) is 10.2 Å². The Hall–Kier alpha value is -1.42. The molecule has 1 saturated heterocycles. The lowest BCUT2D eigenvalue weighted by Crippen LogP contribution is -2.43. The van der Waals surface area contributed by atoms with Gasteiger partial charge < -0.3 is 10.2 Å². The number of amides is 1. The third kappa shape index (κ3) is 3.79. The third-order valence-corrected chi connectivity index (χ3v) is 3.95. The average molecular weight is 278 g/mol. The molecule has 0 bridgehead atoms. The number of benzene rings is 1. The van der Waals surface area contributed by atoms with Gasteiger partial charge in [0.2, 0.25) is 0 Å².